The first kappa shape index (κ1) is 19.2. The van der Waals surface area contributed by atoms with Crippen LogP contribution in [-0.2, 0) is 31.0 Å². The van der Waals surface area contributed by atoms with E-state index in [0.29, 0.717) is 17.5 Å². The van der Waals surface area contributed by atoms with Crippen LogP contribution in [0.2, 0.25) is 0 Å². The molecule has 0 spiro atoms. The molecule has 0 saturated carbocycles. The van der Waals surface area contributed by atoms with E-state index >= 15 is 0 Å². The number of fused-ring (bicyclic) bond motifs is 2. The molecule has 5 rings (SSSR count). The van der Waals surface area contributed by atoms with Gasteiger partial charge in [0.05, 0.1) is 42.7 Å². The van der Waals surface area contributed by atoms with Crippen LogP contribution in [0.25, 0.3) is 10.9 Å². The molecular formula is C21H26N6O3. The van der Waals surface area contributed by atoms with E-state index in [-0.39, 0.29) is 18.7 Å². The van der Waals surface area contributed by atoms with Crippen LogP contribution in [0.15, 0.2) is 35.5 Å². The number of hydrogen-bond donors (Lipinski definition) is 1. The van der Waals surface area contributed by atoms with Crippen molar-refractivity contribution >= 4 is 16.6 Å². The van der Waals surface area contributed by atoms with Gasteiger partial charge >= 0.3 is 0 Å². The number of aliphatic hydroxyl groups is 1. The first-order valence-electron chi connectivity index (χ1n) is 10.4. The van der Waals surface area contributed by atoms with E-state index in [1.54, 1.807) is 0 Å². The number of imidazole rings is 1. The highest BCUT2D eigenvalue weighted by Gasteiger charge is 2.21. The summed E-state index contributed by atoms with van der Waals surface area (Å²) in [5, 5.41) is 9.67. The number of nitrogens with zero attached hydrogens (tertiary/aromatic N) is 6. The Morgan fingerprint density at radius 3 is 2.80 bits per heavy atom. The Morgan fingerprint density at radius 2 is 1.97 bits per heavy atom. The van der Waals surface area contributed by atoms with Crippen LogP contribution in [0.1, 0.15) is 11.5 Å². The number of hydrogen-bond acceptors (Lipinski definition) is 7. The number of aromatic nitrogens is 4. The Morgan fingerprint density at radius 1 is 1.10 bits per heavy atom. The van der Waals surface area contributed by atoms with E-state index < -0.39 is 0 Å². The molecule has 1 aromatic carbocycles. The molecule has 0 aliphatic carbocycles. The lowest BCUT2D eigenvalue weighted by Crippen LogP contribution is -2.46. The van der Waals surface area contributed by atoms with Crippen molar-refractivity contribution in [1.82, 2.24) is 24.0 Å². The summed E-state index contributed by atoms with van der Waals surface area (Å²) in [5.74, 6) is 1.02. The average Bonchev–Trinajstić information content (AvgIpc) is 3.19. The minimum absolute atomic E-state index is 0.0780. The maximum atomic E-state index is 12.5. The second-order valence-electron chi connectivity index (χ2n) is 7.80. The zero-order valence-corrected chi connectivity index (χ0v) is 16.9. The van der Waals surface area contributed by atoms with Gasteiger partial charge in [-0.2, -0.15) is 0 Å². The molecule has 2 aromatic heterocycles. The molecule has 9 heteroatoms. The van der Waals surface area contributed by atoms with Crippen LogP contribution in [-0.4, -0.2) is 68.5 Å². The molecule has 1 fully saturated rings. The summed E-state index contributed by atoms with van der Waals surface area (Å²) in [5.41, 5.74) is 2.94. The fourth-order valence-corrected chi connectivity index (χ4v) is 4.29. The zero-order chi connectivity index (χ0) is 20.5. The molecule has 30 heavy (non-hydrogen) atoms. The number of rotatable bonds is 5. The van der Waals surface area contributed by atoms with Gasteiger partial charge in [0, 0.05) is 51.2 Å². The van der Waals surface area contributed by atoms with Crippen LogP contribution in [0.5, 0.6) is 0 Å². The summed E-state index contributed by atoms with van der Waals surface area (Å²) in [6, 6.07) is 5.83. The van der Waals surface area contributed by atoms with Gasteiger partial charge in [-0.05, 0) is 18.2 Å². The first-order chi connectivity index (χ1) is 14.7. The molecule has 1 N–H and O–H groups in total. The maximum absolute atomic E-state index is 12.5. The Hall–Kier alpha value is -2.75. The predicted octanol–water partition coefficient (Wildman–Crippen LogP) is 0.438. The van der Waals surface area contributed by atoms with E-state index in [2.05, 4.69) is 24.3 Å². The third-order valence-electron chi connectivity index (χ3n) is 5.98. The Labute approximate surface area is 174 Å². The van der Waals surface area contributed by atoms with E-state index in [0.717, 1.165) is 57.4 Å². The third kappa shape index (κ3) is 3.60. The molecule has 0 bridgehead atoms. The monoisotopic (exact) mass is 410 g/mol. The number of piperazine rings is 1. The second-order valence-corrected chi connectivity index (χ2v) is 7.80. The molecule has 2 aliphatic rings. The zero-order valence-electron chi connectivity index (χ0n) is 16.9. The van der Waals surface area contributed by atoms with Crippen molar-refractivity contribution in [2.24, 2.45) is 0 Å². The molecule has 1 saturated heterocycles. The third-order valence-corrected chi connectivity index (χ3v) is 5.98. The summed E-state index contributed by atoms with van der Waals surface area (Å²) in [4.78, 5) is 26.2. The van der Waals surface area contributed by atoms with Crippen molar-refractivity contribution < 1.29 is 9.84 Å². The minimum Gasteiger partial charge on any atom is -0.395 e. The molecular weight excluding hydrogens is 384 g/mol. The van der Waals surface area contributed by atoms with Crippen LogP contribution in [0.3, 0.4) is 0 Å². The lowest BCUT2D eigenvalue weighted by atomic mass is 10.2. The predicted molar refractivity (Wildman–Crippen MR) is 112 cm³/mol. The van der Waals surface area contributed by atoms with Gasteiger partial charge < -0.3 is 19.3 Å². The largest absolute Gasteiger partial charge is 0.395 e. The molecule has 4 heterocycles. The Balaban J connectivity index is 1.26. The smallest absolute Gasteiger partial charge is 0.261 e. The van der Waals surface area contributed by atoms with E-state index in [1.165, 1.54) is 16.6 Å². The highest BCUT2D eigenvalue weighted by molar-refractivity contribution is 5.81. The fourth-order valence-electron chi connectivity index (χ4n) is 4.29. The van der Waals surface area contributed by atoms with E-state index in [1.807, 2.05) is 24.4 Å². The van der Waals surface area contributed by atoms with Crippen molar-refractivity contribution in [3.63, 3.8) is 0 Å². The minimum atomic E-state index is -0.111. The SMILES string of the molecule is O=c1c2ccc(N3CCN(Cc4cnc5n4CCOC5)CC3)cc2ncn1CCO. The van der Waals surface area contributed by atoms with Crippen LogP contribution >= 0.6 is 0 Å². The Bertz CT molecular complexity index is 1100. The molecule has 0 amide bonds. The van der Waals surface area contributed by atoms with Gasteiger partial charge in [0.25, 0.3) is 5.56 Å². The lowest BCUT2D eigenvalue weighted by Gasteiger charge is -2.36. The van der Waals surface area contributed by atoms with Gasteiger partial charge in [-0.3, -0.25) is 14.3 Å². The summed E-state index contributed by atoms with van der Waals surface area (Å²) in [6.07, 6.45) is 3.49. The standard InChI is InChI=1S/C21H26N6O3/c28-9-7-26-15-23-19-11-16(1-2-18(19)21(26)29)25-5-3-24(4-6-25)13-17-12-22-20-14-30-10-8-27(17)20/h1-2,11-12,15,28H,3-10,13-14H2. The molecule has 2 aliphatic heterocycles. The van der Waals surface area contributed by atoms with Crippen molar-refractivity contribution in [2.45, 2.75) is 26.2 Å². The highest BCUT2D eigenvalue weighted by atomic mass is 16.5. The van der Waals surface area contributed by atoms with E-state index in [9.17, 15) is 4.79 Å². The number of anilines is 1. The highest BCUT2D eigenvalue weighted by Crippen LogP contribution is 2.21. The van der Waals surface area contributed by atoms with Crippen LogP contribution in [0, 0.1) is 0 Å². The lowest BCUT2D eigenvalue weighted by molar-refractivity contribution is 0.0795. The van der Waals surface area contributed by atoms with Gasteiger partial charge in [-0.25, -0.2) is 9.97 Å². The summed E-state index contributed by atoms with van der Waals surface area (Å²) < 4.78 is 9.21. The van der Waals surface area contributed by atoms with Gasteiger partial charge in [0.2, 0.25) is 0 Å². The number of benzene rings is 1. The molecule has 0 unspecified atom stereocenters. The fraction of sp³-hybridized carbons (Fsp3) is 0.476. The first-order valence-corrected chi connectivity index (χ1v) is 10.4. The average molecular weight is 410 g/mol. The Kier molecular flexibility index (Phi) is 5.24. The van der Waals surface area contributed by atoms with Crippen LogP contribution < -0.4 is 10.5 Å². The van der Waals surface area contributed by atoms with Gasteiger partial charge in [0.15, 0.2) is 0 Å². The topological polar surface area (TPSA) is 88.7 Å². The number of ether oxygens (including phenoxy) is 1. The van der Waals surface area contributed by atoms with Crippen molar-refractivity contribution in [3.8, 4) is 0 Å². The van der Waals surface area contributed by atoms with Crippen molar-refractivity contribution in [3.05, 3.63) is 52.6 Å². The molecule has 0 radical (unpaired) electrons. The van der Waals surface area contributed by atoms with Crippen LogP contribution in [0.4, 0.5) is 5.69 Å². The quantitative estimate of drug-likeness (QED) is 0.653. The van der Waals surface area contributed by atoms with E-state index in [4.69, 9.17) is 9.84 Å². The normalized spacial score (nSPS) is 17.4. The van der Waals surface area contributed by atoms with Gasteiger partial charge in [0.1, 0.15) is 12.4 Å². The number of aliphatic hydroxyl groups excluding tert-OH is 1. The van der Waals surface area contributed by atoms with Crippen molar-refractivity contribution in [2.75, 3.05) is 44.3 Å². The molecule has 158 valence electrons. The van der Waals surface area contributed by atoms with Crippen molar-refractivity contribution in [1.29, 1.82) is 0 Å². The molecule has 0 atom stereocenters. The summed E-state index contributed by atoms with van der Waals surface area (Å²) >= 11 is 0. The van der Waals surface area contributed by atoms with Gasteiger partial charge in [-0.15, -0.1) is 0 Å². The summed E-state index contributed by atoms with van der Waals surface area (Å²) in [6.45, 7) is 7.14. The maximum Gasteiger partial charge on any atom is 0.261 e. The molecule has 9 nitrogen and oxygen atoms in total. The van der Waals surface area contributed by atoms with Gasteiger partial charge in [-0.1, -0.05) is 0 Å². The summed E-state index contributed by atoms with van der Waals surface area (Å²) in [7, 11) is 0. The second kappa shape index (κ2) is 8.17. The molecule has 3 aromatic rings.